The molecule has 0 radical (unpaired) electrons. The van der Waals surface area contributed by atoms with Gasteiger partial charge in [0.1, 0.15) is 11.5 Å². The fourth-order valence-electron chi connectivity index (χ4n) is 8.56. The Balaban J connectivity index is 0.000000365. The van der Waals surface area contributed by atoms with Crippen molar-refractivity contribution in [3.05, 3.63) is 291 Å². The summed E-state index contributed by atoms with van der Waals surface area (Å²) in [5.74, 6) is 6.97. The summed E-state index contributed by atoms with van der Waals surface area (Å²) in [5.41, 5.74) is 5.52. The van der Waals surface area contributed by atoms with Crippen LogP contribution in [0.1, 0.15) is 43.0 Å². The summed E-state index contributed by atoms with van der Waals surface area (Å²) in [5, 5.41) is 12.8. The van der Waals surface area contributed by atoms with Crippen LogP contribution in [-0.2, 0) is 47.3 Å². The van der Waals surface area contributed by atoms with E-state index >= 15 is 0 Å². The Hall–Kier alpha value is -7.30. The number of ketones is 2. The Morgan fingerprint density at radius 1 is 0.480 bits per heavy atom. The van der Waals surface area contributed by atoms with E-state index in [4.69, 9.17) is 28.1 Å². The molecule has 2 aliphatic rings. The summed E-state index contributed by atoms with van der Waals surface area (Å²) in [6, 6.07) is 73.4. The van der Waals surface area contributed by atoms with Crippen LogP contribution in [-0.4, -0.2) is 23.8 Å². The molecule has 11 rings (SSSR count). The number of hydrogen-bond acceptors (Lipinski definition) is 6. The van der Waals surface area contributed by atoms with Gasteiger partial charge in [-0.3, -0.25) is 9.59 Å². The summed E-state index contributed by atoms with van der Waals surface area (Å²) in [7, 11) is 1.68. The first kappa shape index (κ1) is 63.8. The third-order valence-electron chi connectivity index (χ3n) is 11.5. The van der Waals surface area contributed by atoms with Gasteiger partial charge in [0.25, 0.3) is 0 Å². The standard InChI is InChI=1S/C23H18O2.C22H14O3.C14H10.3CO.CH3.ClO.Cr.Na/c1-25-23-19-15-9-8-14-18(19)22(24)20(16-10-4-2-5-11-16)21(23)17-12-6-3-7-13-17;23-19-17-13-7-8-14-18(17)20(24)22(16-11-5-2-6-12-16)21(19,25-22)15-9-3-1-4-10-15;1-3-7-13(8-4-1)11-12-14-9-5-2-6-10-14;3*1-2;;1-2;;/h2-15,24H,1H3;1-14H;1-10H;;;;1H3;;;/q;;;;;;2*-1;;+1. The number of phenols is 1. The molecule has 75 heavy (non-hydrogen) atoms. The Labute approximate surface area is 475 Å². The number of ether oxygens (including phenoxy) is 2. The Kier molecular flexibility index (Phi) is 27.3. The number of benzene rings is 9. The number of rotatable bonds is 5. The summed E-state index contributed by atoms with van der Waals surface area (Å²) < 4.78 is 42.2. The van der Waals surface area contributed by atoms with Gasteiger partial charge in [0.05, 0.1) is 7.11 Å². The van der Waals surface area contributed by atoms with Gasteiger partial charge >= 0.3 is 63.5 Å². The zero-order chi connectivity index (χ0) is 51.9. The molecule has 9 nitrogen and oxygen atoms in total. The number of methoxy groups -OCH3 is 1. The molecule has 0 saturated carbocycles. The van der Waals surface area contributed by atoms with Gasteiger partial charge < -0.3 is 26.7 Å². The molecular formula is C63H45ClCrNaO9-. The van der Waals surface area contributed by atoms with E-state index in [2.05, 4.69) is 43.7 Å². The zero-order valence-electron chi connectivity index (χ0n) is 40.9. The minimum atomic E-state index is -1.28. The third kappa shape index (κ3) is 13.7. The molecular weight excluding hydrogens is 1010 g/mol. The van der Waals surface area contributed by atoms with Crippen LogP contribution >= 0.6 is 11.9 Å². The zero-order valence-corrected chi connectivity index (χ0v) is 45.0. The van der Waals surface area contributed by atoms with Gasteiger partial charge in [-0.15, -0.1) is 0 Å². The monoisotopic (exact) mass is 1060 g/mol. The second-order valence-electron chi connectivity index (χ2n) is 15.3. The maximum atomic E-state index is 13.4. The number of carbonyl (C=O) groups excluding carboxylic acids is 2. The van der Waals surface area contributed by atoms with E-state index in [1.807, 2.05) is 206 Å². The average Bonchev–Trinajstić information content (AvgIpc) is 4.24. The predicted octanol–water partition coefficient (Wildman–Crippen LogP) is 9.70. The molecule has 1 aliphatic carbocycles. The van der Waals surface area contributed by atoms with Crippen molar-refractivity contribution in [2.24, 2.45) is 0 Å². The van der Waals surface area contributed by atoms with Crippen molar-refractivity contribution in [1.82, 2.24) is 0 Å². The Morgan fingerprint density at radius 3 is 1.13 bits per heavy atom. The first-order valence-corrected chi connectivity index (χ1v) is 22.1. The van der Waals surface area contributed by atoms with E-state index in [0.717, 1.165) is 49.9 Å². The molecule has 2 atom stereocenters. The molecule has 9 aromatic rings. The number of hydrogen-bond donors (Lipinski definition) is 1. The topological polar surface area (TPSA) is 159 Å². The largest absolute Gasteiger partial charge is 1.00 e. The van der Waals surface area contributed by atoms with E-state index in [-0.39, 0.29) is 71.7 Å². The number of fused-ring (bicyclic) bond motifs is 3. The van der Waals surface area contributed by atoms with Gasteiger partial charge in [-0.05, 0) is 46.5 Å². The molecule has 9 aromatic carbocycles. The van der Waals surface area contributed by atoms with Crippen LogP contribution in [0.3, 0.4) is 0 Å². The molecule has 1 fully saturated rings. The van der Waals surface area contributed by atoms with Crippen molar-refractivity contribution < 1.29 is 89.7 Å². The Morgan fingerprint density at radius 2 is 0.773 bits per heavy atom. The van der Waals surface area contributed by atoms with Gasteiger partial charge in [-0.25, -0.2) is 11.9 Å². The van der Waals surface area contributed by atoms with Gasteiger partial charge in [0.15, 0.2) is 11.2 Å². The summed E-state index contributed by atoms with van der Waals surface area (Å²) >= 11 is 3.39. The van der Waals surface area contributed by atoms with Crippen LogP contribution in [0.25, 0.3) is 33.0 Å². The van der Waals surface area contributed by atoms with Gasteiger partial charge in [0, 0.05) is 61.5 Å². The SMILES string of the molecule is C(#Cc1ccccc1)c1ccccc1.COc1c(-c2ccccc2)c(-c2ccccc2)c(O)c2ccccc12.O=C1c2ccccc2C(=O)C2(c3ccccc3)OC12c1ccccc1.[C-]#[O+].[C-]#[O+].[C-]#[O+].[CH3-].[Cr].[Na+].[O-]Cl. The quantitative estimate of drug-likeness (QED) is 0.0594. The maximum absolute atomic E-state index is 13.4. The van der Waals surface area contributed by atoms with Gasteiger partial charge in [0.2, 0.25) is 11.6 Å². The molecule has 1 aliphatic heterocycles. The minimum absolute atomic E-state index is 0. The number of epoxide rings is 1. The van der Waals surface area contributed by atoms with E-state index in [1.54, 1.807) is 31.4 Å². The van der Waals surface area contributed by atoms with Crippen molar-refractivity contribution in [1.29, 1.82) is 0 Å². The second kappa shape index (κ2) is 32.1. The fraction of sp³-hybridized carbons (Fsp3) is 0.0476. The number of Topliss-reactive ketones (excluding diaryl/α,β-unsaturated/α-hetero) is 2. The van der Waals surface area contributed by atoms with Crippen LogP contribution in [0.2, 0.25) is 0 Å². The summed E-state index contributed by atoms with van der Waals surface area (Å²) in [6.45, 7) is 13.5. The second-order valence-corrected chi connectivity index (χ2v) is 15.3. The fourth-order valence-corrected chi connectivity index (χ4v) is 8.56. The molecule has 0 spiro atoms. The molecule has 2 unspecified atom stereocenters. The third-order valence-corrected chi connectivity index (χ3v) is 11.5. The molecule has 366 valence electrons. The molecule has 0 bridgehead atoms. The van der Waals surface area contributed by atoms with E-state index < -0.39 is 11.2 Å². The van der Waals surface area contributed by atoms with Crippen molar-refractivity contribution in [3.8, 4) is 45.6 Å². The molecule has 12 heteroatoms. The van der Waals surface area contributed by atoms with Gasteiger partial charge in [-0.2, -0.15) is 0 Å². The number of phenolic OH excluding ortho intramolecular Hbond substituents is 1. The minimum Gasteiger partial charge on any atom is -0.769 e. The van der Waals surface area contributed by atoms with Crippen LogP contribution in [0.5, 0.6) is 11.5 Å². The van der Waals surface area contributed by atoms with Crippen molar-refractivity contribution in [2.45, 2.75) is 11.2 Å². The molecule has 1 N–H and O–H groups in total. The van der Waals surface area contributed by atoms with Crippen LogP contribution in [0, 0.1) is 39.2 Å². The number of aromatic hydroxyl groups is 1. The summed E-state index contributed by atoms with van der Waals surface area (Å²) in [4.78, 5) is 26.9. The van der Waals surface area contributed by atoms with Crippen LogP contribution in [0.15, 0.2) is 231 Å². The van der Waals surface area contributed by atoms with Crippen LogP contribution < -0.4 is 39.0 Å². The predicted molar refractivity (Wildman–Crippen MR) is 278 cm³/mol. The molecule has 1 heterocycles. The number of carbonyl (C=O) groups is 2. The Bertz CT molecular complexity index is 3190. The van der Waals surface area contributed by atoms with Crippen molar-refractivity contribution in [2.75, 3.05) is 7.11 Å². The molecule has 0 aromatic heterocycles. The first-order chi connectivity index (χ1) is 35.5. The average molecular weight is 1060 g/mol. The maximum Gasteiger partial charge on any atom is 1.00 e. The van der Waals surface area contributed by atoms with Gasteiger partial charge in [-0.1, -0.05) is 218 Å². The molecule has 1 saturated heterocycles. The van der Waals surface area contributed by atoms with Crippen molar-refractivity contribution in [3.63, 3.8) is 0 Å². The molecule has 0 amide bonds. The first-order valence-electron chi connectivity index (χ1n) is 21.8. The van der Waals surface area contributed by atoms with E-state index in [1.165, 1.54) is 0 Å². The normalized spacial score (nSPS) is 14.3. The van der Waals surface area contributed by atoms with Crippen LogP contribution in [0.4, 0.5) is 0 Å². The smallest absolute Gasteiger partial charge is 0.769 e. The van der Waals surface area contributed by atoms with E-state index in [9.17, 15) is 14.7 Å². The summed E-state index contributed by atoms with van der Waals surface area (Å²) in [6.07, 6.45) is 0. The van der Waals surface area contributed by atoms with Crippen molar-refractivity contribution >= 4 is 34.2 Å². The number of halogens is 1. The van der Waals surface area contributed by atoms with E-state index in [0.29, 0.717) is 22.3 Å².